The Balaban J connectivity index is 2.45. The lowest BCUT2D eigenvalue weighted by Crippen LogP contribution is -2.09. The summed E-state index contributed by atoms with van der Waals surface area (Å²) in [7, 11) is 1.75. The maximum Gasteiger partial charge on any atom is 0.136 e. The highest BCUT2D eigenvalue weighted by molar-refractivity contribution is 9.10. The molecule has 0 aromatic heterocycles. The Kier molecular flexibility index (Phi) is 4.10. The van der Waals surface area contributed by atoms with Crippen molar-refractivity contribution >= 4 is 15.9 Å². The molecule has 1 aromatic carbocycles. The Labute approximate surface area is 112 Å². The molecule has 1 fully saturated rings. The number of methoxy groups -OCH3 is 1. The van der Waals surface area contributed by atoms with Crippen LogP contribution in [0.15, 0.2) is 16.6 Å². The van der Waals surface area contributed by atoms with E-state index in [1.165, 1.54) is 17.5 Å². The molecule has 1 aromatic rings. The Morgan fingerprint density at radius 1 is 1.41 bits per heavy atom. The second-order valence-electron chi connectivity index (χ2n) is 4.97. The van der Waals surface area contributed by atoms with E-state index in [4.69, 9.17) is 4.74 Å². The number of ether oxygens (including phenoxy) is 1. The first-order valence-electron chi connectivity index (χ1n) is 6.21. The van der Waals surface area contributed by atoms with E-state index in [1.807, 2.05) is 0 Å². The van der Waals surface area contributed by atoms with Crippen LogP contribution in [0.3, 0.4) is 0 Å². The number of hydrogen-bond acceptors (Lipinski definition) is 2. The van der Waals surface area contributed by atoms with Crippen molar-refractivity contribution in [1.82, 2.24) is 5.32 Å². The van der Waals surface area contributed by atoms with Crippen LogP contribution in [0, 0.1) is 0 Å². The predicted octanol–water partition coefficient (Wildman–Crippen LogP) is 3.66. The van der Waals surface area contributed by atoms with Gasteiger partial charge >= 0.3 is 0 Å². The SMILES string of the molecule is COc1c(Br)cc(C(C)C)cc1C1CCNC1. The maximum absolute atomic E-state index is 5.55. The Hall–Kier alpha value is -0.540. The molecule has 2 nitrogen and oxygen atoms in total. The molecule has 17 heavy (non-hydrogen) atoms. The van der Waals surface area contributed by atoms with Crippen molar-refractivity contribution in [1.29, 1.82) is 0 Å². The summed E-state index contributed by atoms with van der Waals surface area (Å²) in [5.41, 5.74) is 2.72. The van der Waals surface area contributed by atoms with E-state index in [9.17, 15) is 0 Å². The third-order valence-electron chi connectivity index (χ3n) is 3.47. The molecule has 1 saturated heterocycles. The quantitative estimate of drug-likeness (QED) is 0.919. The number of halogens is 1. The van der Waals surface area contributed by atoms with E-state index in [0.717, 1.165) is 23.3 Å². The Bertz CT molecular complexity index is 397. The van der Waals surface area contributed by atoms with Gasteiger partial charge in [-0.05, 0) is 52.0 Å². The van der Waals surface area contributed by atoms with Gasteiger partial charge in [0, 0.05) is 12.5 Å². The number of benzene rings is 1. The van der Waals surface area contributed by atoms with E-state index in [2.05, 4.69) is 47.2 Å². The highest BCUT2D eigenvalue weighted by Crippen LogP contribution is 2.38. The van der Waals surface area contributed by atoms with Crippen LogP contribution >= 0.6 is 15.9 Å². The second kappa shape index (κ2) is 5.40. The first-order chi connectivity index (χ1) is 8.13. The first-order valence-corrected chi connectivity index (χ1v) is 7.00. The van der Waals surface area contributed by atoms with Crippen molar-refractivity contribution in [3.05, 3.63) is 27.7 Å². The molecule has 0 spiro atoms. The summed E-state index contributed by atoms with van der Waals surface area (Å²) in [5, 5.41) is 3.42. The van der Waals surface area contributed by atoms with Gasteiger partial charge in [0.05, 0.1) is 11.6 Å². The van der Waals surface area contributed by atoms with Crippen molar-refractivity contribution < 1.29 is 4.74 Å². The zero-order valence-electron chi connectivity index (χ0n) is 10.7. The van der Waals surface area contributed by atoms with E-state index >= 15 is 0 Å². The molecule has 1 aliphatic rings. The molecule has 0 aliphatic carbocycles. The summed E-state index contributed by atoms with van der Waals surface area (Å²) >= 11 is 3.63. The molecule has 2 rings (SSSR count). The molecular formula is C14H20BrNO. The van der Waals surface area contributed by atoms with E-state index in [0.29, 0.717) is 11.8 Å². The monoisotopic (exact) mass is 297 g/mol. The van der Waals surface area contributed by atoms with Crippen LogP contribution in [-0.4, -0.2) is 20.2 Å². The van der Waals surface area contributed by atoms with Crippen LogP contribution in [0.25, 0.3) is 0 Å². The van der Waals surface area contributed by atoms with Crippen LogP contribution in [-0.2, 0) is 0 Å². The average molecular weight is 298 g/mol. The summed E-state index contributed by atoms with van der Waals surface area (Å²) in [6.07, 6.45) is 1.20. The molecule has 0 amide bonds. The summed E-state index contributed by atoms with van der Waals surface area (Å²) in [4.78, 5) is 0. The number of hydrogen-bond donors (Lipinski definition) is 1. The fourth-order valence-electron chi connectivity index (χ4n) is 2.41. The molecule has 0 saturated carbocycles. The summed E-state index contributed by atoms with van der Waals surface area (Å²) in [6, 6.07) is 4.49. The standard InChI is InChI=1S/C14H20BrNO/c1-9(2)11-6-12(10-4-5-16-8-10)14(17-3)13(15)7-11/h6-7,9-10,16H,4-5,8H2,1-3H3. The maximum atomic E-state index is 5.55. The molecule has 1 N–H and O–H groups in total. The van der Waals surface area contributed by atoms with Crippen LogP contribution < -0.4 is 10.1 Å². The van der Waals surface area contributed by atoms with Crippen molar-refractivity contribution in [3.63, 3.8) is 0 Å². The summed E-state index contributed by atoms with van der Waals surface area (Å²) in [6.45, 7) is 6.62. The van der Waals surface area contributed by atoms with Crippen LogP contribution in [0.2, 0.25) is 0 Å². The van der Waals surface area contributed by atoms with Gasteiger partial charge < -0.3 is 10.1 Å². The number of rotatable bonds is 3. The van der Waals surface area contributed by atoms with Gasteiger partial charge in [-0.3, -0.25) is 0 Å². The van der Waals surface area contributed by atoms with Crippen molar-refractivity contribution in [2.75, 3.05) is 20.2 Å². The minimum atomic E-state index is 0.547. The predicted molar refractivity (Wildman–Crippen MR) is 75.0 cm³/mol. The normalized spacial score (nSPS) is 19.9. The Morgan fingerprint density at radius 2 is 2.18 bits per heavy atom. The fourth-order valence-corrected chi connectivity index (χ4v) is 3.06. The van der Waals surface area contributed by atoms with Crippen LogP contribution in [0.1, 0.15) is 43.2 Å². The van der Waals surface area contributed by atoms with Gasteiger partial charge in [0.25, 0.3) is 0 Å². The molecule has 94 valence electrons. The van der Waals surface area contributed by atoms with Gasteiger partial charge in [-0.15, -0.1) is 0 Å². The molecular weight excluding hydrogens is 278 g/mol. The zero-order chi connectivity index (χ0) is 12.4. The lowest BCUT2D eigenvalue weighted by atomic mass is 9.92. The van der Waals surface area contributed by atoms with Gasteiger partial charge in [0.1, 0.15) is 5.75 Å². The van der Waals surface area contributed by atoms with Crippen molar-refractivity contribution in [2.45, 2.75) is 32.1 Å². The van der Waals surface area contributed by atoms with E-state index in [-0.39, 0.29) is 0 Å². The van der Waals surface area contributed by atoms with Crippen LogP contribution in [0.4, 0.5) is 0 Å². The minimum absolute atomic E-state index is 0.547. The third-order valence-corrected chi connectivity index (χ3v) is 4.05. The molecule has 0 bridgehead atoms. The molecule has 1 unspecified atom stereocenters. The lowest BCUT2D eigenvalue weighted by molar-refractivity contribution is 0.403. The second-order valence-corrected chi connectivity index (χ2v) is 5.82. The average Bonchev–Trinajstić information content (AvgIpc) is 2.81. The van der Waals surface area contributed by atoms with Gasteiger partial charge in [-0.2, -0.15) is 0 Å². The smallest absolute Gasteiger partial charge is 0.136 e. The minimum Gasteiger partial charge on any atom is -0.495 e. The summed E-state index contributed by atoms with van der Waals surface area (Å²) in [5.74, 6) is 2.13. The molecule has 1 atom stereocenters. The largest absolute Gasteiger partial charge is 0.495 e. The van der Waals surface area contributed by atoms with E-state index in [1.54, 1.807) is 7.11 Å². The van der Waals surface area contributed by atoms with Gasteiger partial charge in [-0.1, -0.05) is 19.9 Å². The van der Waals surface area contributed by atoms with Crippen molar-refractivity contribution in [2.24, 2.45) is 0 Å². The van der Waals surface area contributed by atoms with Gasteiger partial charge in [-0.25, -0.2) is 0 Å². The Morgan fingerprint density at radius 3 is 2.71 bits per heavy atom. The third kappa shape index (κ3) is 2.66. The number of nitrogens with one attached hydrogen (secondary N) is 1. The fraction of sp³-hybridized carbons (Fsp3) is 0.571. The summed E-state index contributed by atoms with van der Waals surface area (Å²) < 4.78 is 6.63. The zero-order valence-corrected chi connectivity index (χ0v) is 12.3. The highest BCUT2D eigenvalue weighted by atomic mass is 79.9. The molecule has 0 radical (unpaired) electrons. The van der Waals surface area contributed by atoms with Crippen molar-refractivity contribution in [3.8, 4) is 5.75 Å². The molecule has 3 heteroatoms. The topological polar surface area (TPSA) is 21.3 Å². The lowest BCUT2D eigenvalue weighted by Gasteiger charge is -2.18. The van der Waals surface area contributed by atoms with Gasteiger partial charge in [0.15, 0.2) is 0 Å². The van der Waals surface area contributed by atoms with E-state index < -0.39 is 0 Å². The van der Waals surface area contributed by atoms with Crippen LogP contribution in [0.5, 0.6) is 5.75 Å². The highest BCUT2D eigenvalue weighted by Gasteiger charge is 2.22. The first kappa shape index (κ1) is 12.9. The van der Waals surface area contributed by atoms with Gasteiger partial charge in [0.2, 0.25) is 0 Å². The molecule has 1 aliphatic heterocycles. The molecule has 1 heterocycles.